The van der Waals surface area contributed by atoms with Gasteiger partial charge in [-0.25, -0.2) is 0 Å². The fourth-order valence-corrected chi connectivity index (χ4v) is 5.22. The van der Waals surface area contributed by atoms with Crippen LogP contribution in [0.5, 0.6) is 0 Å². The Morgan fingerprint density at radius 2 is 1.17 bits per heavy atom. The molecule has 0 radical (unpaired) electrons. The fraction of sp³-hybridized carbons (Fsp3) is 0.529. The Kier molecular flexibility index (Phi) is 3.29. The molecular formula is C17H12Cl2N4. The number of rotatable bonds is 0. The van der Waals surface area contributed by atoms with E-state index in [1.54, 1.807) is 12.2 Å². The van der Waals surface area contributed by atoms with Crippen LogP contribution in [-0.4, -0.2) is 9.75 Å². The molecule has 4 bridgehead atoms. The first kappa shape index (κ1) is 15.9. The Hall–Kier alpha value is -1.98. The number of nitriles is 4. The van der Waals surface area contributed by atoms with Gasteiger partial charge in [-0.15, -0.1) is 23.2 Å². The van der Waals surface area contributed by atoms with Crippen LogP contribution in [0.2, 0.25) is 0 Å². The molecule has 4 rings (SSSR count). The van der Waals surface area contributed by atoms with E-state index >= 15 is 0 Å². The van der Waals surface area contributed by atoms with Gasteiger partial charge in [0, 0.05) is 0 Å². The second-order valence-corrected chi connectivity index (χ2v) is 7.47. The van der Waals surface area contributed by atoms with Crippen molar-refractivity contribution in [3.63, 3.8) is 0 Å². The highest BCUT2D eigenvalue weighted by Gasteiger charge is 2.79. The monoisotopic (exact) mass is 342 g/mol. The van der Waals surface area contributed by atoms with Gasteiger partial charge in [-0.05, 0) is 36.8 Å². The van der Waals surface area contributed by atoms with Crippen molar-refractivity contribution in [1.82, 2.24) is 0 Å². The van der Waals surface area contributed by atoms with E-state index in [1.807, 2.05) is 24.3 Å². The third kappa shape index (κ3) is 1.45. The van der Waals surface area contributed by atoms with Crippen molar-refractivity contribution < 1.29 is 0 Å². The molecule has 0 atom stereocenters. The summed E-state index contributed by atoms with van der Waals surface area (Å²) in [6, 6.07) is 7.60. The lowest BCUT2D eigenvalue weighted by atomic mass is 9.44. The molecule has 0 unspecified atom stereocenters. The van der Waals surface area contributed by atoms with Gasteiger partial charge in [-0.2, -0.15) is 21.0 Å². The molecule has 0 amide bonds. The Morgan fingerprint density at radius 3 is 1.57 bits per heavy atom. The molecule has 0 heterocycles. The summed E-state index contributed by atoms with van der Waals surface area (Å²) in [6.07, 6.45) is 7.25. The number of alkyl halides is 2. The van der Waals surface area contributed by atoms with Crippen LogP contribution in [0, 0.1) is 56.2 Å². The molecule has 4 nitrogen and oxygen atoms in total. The summed E-state index contributed by atoms with van der Waals surface area (Å²) in [5.41, 5.74) is -2.72. The highest BCUT2D eigenvalue weighted by molar-refractivity contribution is 6.34. The molecule has 0 saturated heterocycles. The summed E-state index contributed by atoms with van der Waals surface area (Å²) in [7, 11) is 0. The van der Waals surface area contributed by atoms with E-state index in [2.05, 4.69) is 0 Å². The quantitative estimate of drug-likeness (QED) is 0.493. The molecule has 6 heteroatoms. The molecule has 114 valence electrons. The van der Waals surface area contributed by atoms with Crippen molar-refractivity contribution >= 4 is 23.2 Å². The molecule has 23 heavy (non-hydrogen) atoms. The smallest absolute Gasteiger partial charge is 0.196 e. The van der Waals surface area contributed by atoms with Crippen LogP contribution in [0.3, 0.4) is 0 Å². The van der Waals surface area contributed by atoms with Gasteiger partial charge in [-0.3, -0.25) is 0 Å². The van der Waals surface area contributed by atoms with E-state index in [0.29, 0.717) is 24.0 Å². The van der Waals surface area contributed by atoms with Gasteiger partial charge < -0.3 is 0 Å². The average molecular weight is 343 g/mol. The summed E-state index contributed by atoms with van der Waals surface area (Å²) < 4.78 is 0. The molecule has 0 aromatic carbocycles. The van der Waals surface area contributed by atoms with Crippen molar-refractivity contribution in [2.45, 2.75) is 41.9 Å². The van der Waals surface area contributed by atoms with E-state index in [0.717, 1.165) is 19.3 Å². The van der Waals surface area contributed by atoms with Gasteiger partial charge in [0.25, 0.3) is 0 Å². The number of allylic oxidation sites excluding steroid dienone is 4. The van der Waals surface area contributed by atoms with Crippen LogP contribution < -0.4 is 0 Å². The lowest BCUT2D eigenvalue weighted by Crippen LogP contribution is -2.68. The molecule has 1 fully saturated rings. The second kappa shape index (κ2) is 4.76. The predicted molar refractivity (Wildman–Crippen MR) is 83.7 cm³/mol. The molecular weight excluding hydrogens is 331 g/mol. The van der Waals surface area contributed by atoms with Gasteiger partial charge in [0.15, 0.2) is 0 Å². The first-order valence-electron chi connectivity index (χ1n) is 7.38. The van der Waals surface area contributed by atoms with E-state index in [9.17, 15) is 21.0 Å². The third-order valence-electron chi connectivity index (χ3n) is 5.37. The Balaban J connectivity index is 2.48. The first-order chi connectivity index (χ1) is 10.9. The van der Waals surface area contributed by atoms with Crippen LogP contribution in [0.25, 0.3) is 0 Å². The summed E-state index contributed by atoms with van der Waals surface area (Å²) in [4.78, 5) is -2.97. The number of fused-ring (bicyclic) bond motifs is 1. The molecule has 0 aromatic heterocycles. The Labute approximate surface area is 144 Å². The van der Waals surface area contributed by atoms with Gasteiger partial charge >= 0.3 is 0 Å². The molecule has 0 aliphatic heterocycles. The number of halogens is 2. The van der Waals surface area contributed by atoms with Crippen molar-refractivity contribution in [3.8, 4) is 24.3 Å². The molecule has 4 aliphatic carbocycles. The van der Waals surface area contributed by atoms with Crippen LogP contribution in [0.15, 0.2) is 23.3 Å². The first-order valence-corrected chi connectivity index (χ1v) is 8.14. The zero-order valence-electron chi connectivity index (χ0n) is 12.2. The topological polar surface area (TPSA) is 95.2 Å². The van der Waals surface area contributed by atoms with E-state index in [1.165, 1.54) is 0 Å². The highest BCUT2D eigenvalue weighted by Crippen LogP contribution is 2.70. The summed E-state index contributed by atoms with van der Waals surface area (Å²) in [6.45, 7) is 0. The summed E-state index contributed by atoms with van der Waals surface area (Å²) in [5.74, 6) is 0. The SMILES string of the molecule is N#CC1(C#N)C2(Cl)C=C3CCCCCC(=C2)C3(Cl)C1(C#N)C#N. The summed E-state index contributed by atoms with van der Waals surface area (Å²) in [5, 5.41) is 39.3. The van der Waals surface area contributed by atoms with Crippen LogP contribution in [-0.2, 0) is 0 Å². The maximum atomic E-state index is 9.89. The fourth-order valence-electron chi connectivity index (χ4n) is 4.21. The van der Waals surface area contributed by atoms with Crippen LogP contribution in [0.4, 0.5) is 0 Å². The van der Waals surface area contributed by atoms with Gasteiger partial charge in [0.05, 0.1) is 24.3 Å². The second-order valence-electron chi connectivity index (χ2n) is 6.27. The molecule has 0 aromatic rings. The van der Waals surface area contributed by atoms with Gasteiger partial charge in [0.2, 0.25) is 10.8 Å². The van der Waals surface area contributed by atoms with E-state index in [-0.39, 0.29) is 0 Å². The van der Waals surface area contributed by atoms with Crippen molar-refractivity contribution in [2.75, 3.05) is 0 Å². The van der Waals surface area contributed by atoms with Crippen molar-refractivity contribution in [3.05, 3.63) is 23.3 Å². The molecule has 1 saturated carbocycles. The lowest BCUT2D eigenvalue weighted by molar-refractivity contribution is 0.189. The minimum Gasteiger partial charge on any atom is -0.196 e. The number of hydrogen-bond donors (Lipinski definition) is 0. The number of hydrogen-bond acceptors (Lipinski definition) is 4. The van der Waals surface area contributed by atoms with E-state index in [4.69, 9.17) is 23.2 Å². The predicted octanol–water partition coefficient (Wildman–Crippen LogP) is 3.85. The van der Waals surface area contributed by atoms with Crippen LogP contribution in [0.1, 0.15) is 32.1 Å². The van der Waals surface area contributed by atoms with E-state index < -0.39 is 20.6 Å². The molecule has 0 spiro atoms. The van der Waals surface area contributed by atoms with Crippen molar-refractivity contribution in [1.29, 1.82) is 21.0 Å². The van der Waals surface area contributed by atoms with Gasteiger partial charge in [0.1, 0.15) is 9.75 Å². The highest BCUT2D eigenvalue weighted by atomic mass is 35.5. The Morgan fingerprint density at radius 1 is 0.739 bits per heavy atom. The average Bonchev–Trinajstić information content (AvgIpc) is 2.55. The molecule has 0 N–H and O–H groups in total. The van der Waals surface area contributed by atoms with Crippen LogP contribution >= 0.6 is 23.2 Å². The normalized spacial score (nSPS) is 27.6. The van der Waals surface area contributed by atoms with Gasteiger partial charge in [-0.1, -0.05) is 18.6 Å². The Bertz CT molecular complexity index is 757. The maximum absolute atomic E-state index is 9.89. The minimum atomic E-state index is -2.06. The number of nitrogens with zero attached hydrogens (tertiary/aromatic N) is 4. The molecule has 4 aliphatic rings. The maximum Gasteiger partial charge on any atom is 0.204 e. The van der Waals surface area contributed by atoms with Crippen molar-refractivity contribution in [2.24, 2.45) is 10.8 Å². The minimum absolute atomic E-state index is 0.605. The standard InChI is InChI=1S/C17H12Cl2N4/c18-16-6-12-4-2-1-3-5-13(7-16)17(12,19)15(10-22,11-23)14(16,8-20)9-21/h6-7H,1-5H2. The summed E-state index contributed by atoms with van der Waals surface area (Å²) >= 11 is 13.6. The zero-order valence-corrected chi connectivity index (χ0v) is 13.7. The third-order valence-corrected chi connectivity index (χ3v) is 6.64. The largest absolute Gasteiger partial charge is 0.204 e. The lowest BCUT2D eigenvalue weighted by Gasteiger charge is -2.58. The zero-order chi connectivity index (χ0) is 16.9.